The van der Waals surface area contributed by atoms with Crippen molar-refractivity contribution in [3.8, 4) is 0 Å². The van der Waals surface area contributed by atoms with Crippen molar-refractivity contribution < 1.29 is 16.8 Å². The van der Waals surface area contributed by atoms with Gasteiger partial charge < -0.3 is 0 Å². The lowest BCUT2D eigenvalue weighted by molar-refractivity contribution is 0.587. The van der Waals surface area contributed by atoms with Crippen molar-refractivity contribution >= 4 is 30.6 Å². The molecule has 0 atom stereocenters. The molecule has 0 aliphatic heterocycles. The van der Waals surface area contributed by atoms with Crippen LogP contribution in [0.4, 0.5) is 0 Å². The molecule has 0 aliphatic carbocycles. The summed E-state index contributed by atoms with van der Waals surface area (Å²) in [5.41, 5.74) is 0. The second kappa shape index (κ2) is 4.87. The number of fused-ring (bicyclic) bond motifs is 1. The van der Waals surface area contributed by atoms with Crippen LogP contribution in [0.1, 0.15) is 0 Å². The Labute approximate surface area is 111 Å². The fourth-order valence-electron chi connectivity index (χ4n) is 1.66. The summed E-state index contributed by atoms with van der Waals surface area (Å²) in [4.78, 5) is 3.86. The highest BCUT2D eigenvalue weighted by Crippen LogP contribution is 2.21. The van der Waals surface area contributed by atoms with Crippen molar-refractivity contribution in [3.63, 3.8) is 0 Å². The Kier molecular flexibility index (Phi) is 3.57. The van der Waals surface area contributed by atoms with Gasteiger partial charge in [0.25, 0.3) is 0 Å². The minimum Gasteiger partial charge on any atom is -0.244 e. The molecule has 0 amide bonds. The van der Waals surface area contributed by atoms with E-state index in [0.717, 1.165) is 5.39 Å². The molecule has 2 aromatic rings. The molecule has 0 fully saturated rings. The Morgan fingerprint density at radius 1 is 1.00 bits per heavy atom. The second-order valence-corrected chi connectivity index (χ2v) is 7.78. The standard InChI is InChI=1S/C11H12N2O4S2/c12-19(16,17)8-7-18(14,15)11-10-4-2-1-3-9(10)5-6-13-11/h1-6H,7-8H2,(H2,12,16,17). The fourth-order valence-corrected chi connectivity index (χ4v) is 4.40. The number of aromatic nitrogens is 1. The summed E-state index contributed by atoms with van der Waals surface area (Å²) in [7, 11) is -7.62. The first kappa shape index (κ1) is 13.9. The van der Waals surface area contributed by atoms with Crippen molar-refractivity contribution in [2.45, 2.75) is 5.03 Å². The molecule has 0 saturated carbocycles. The lowest BCUT2D eigenvalue weighted by atomic mass is 10.2. The van der Waals surface area contributed by atoms with E-state index in [4.69, 9.17) is 5.14 Å². The topological polar surface area (TPSA) is 107 Å². The van der Waals surface area contributed by atoms with Crippen molar-refractivity contribution in [2.75, 3.05) is 11.5 Å². The van der Waals surface area contributed by atoms with Crippen LogP contribution in [-0.4, -0.2) is 33.3 Å². The van der Waals surface area contributed by atoms with E-state index in [2.05, 4.69) is 4.98 Å². The number of sulfone groups is 1. The molecule has 0 aliphatic rings. The number of pyridine rings is 1. The zero-order chi connectivity index (χ0) is 14.1. The average Bonchev–Trinajstić information content (AvgIpc) is 2.35. The molecule has 2 N–H and O–H groups in total. The number of rotatable bonds is 4. The molecule has 1 aromatic heterocycles. The quantitative estimate of drug-likeness (QED) is 0.873. The summed E-state index contributed by atoms with van der Waals surface area (Å²) in [6.45, 7) is 0. The van der Waals surface area contributed by atoms with Crippen molar-refractivity contribution in [2.24, 2.45) is 5.14 Å². The van der Waals surface area contributed by atoms with Gasteiger partial charge in [-0.05, 0) is 11.5 Å². The van der Waals surface area contributed by atoms with Gasteiger partial charge in [0, 0.05) is 11.6 Å². The van der Waals surface area contributed by atoms with Crippen LogP contribution in [0.5, 0.6) is 0 Å². The second-order valence-electron chi connectivity index (χ2n) is 4.02. The molecule has 2 rings (SSSR count). The number of nitrogens with two attached hydrogens (primary N) is 1. The molecular formula is C11H12N2O4S2. The summed E-state index contributed by atoms with van der Waals surface area (Å²) in [5.74, 6) is -1.20. The van der Waals surface area contributed by atoms with Gasteiger partial charge in [0.2, 0.25) is 10.0 Å². The first-order valence-corrected chi connectivity index (χ1v) is 8.73. The molecular weight excluding hydrogens is 288 g/mol. The highest BCUT2D eigenvalue weighted by atomic mass is 32.2. The van der Waals surface area contributed by atoms with E-state index in [1.54, 1.807) is 30.3 Å². The first-order valence-electron chi connectivity index (χ1n) is 5.37. The largest absolute Gasteiger partial charge is 0.244 e. The normalized spacial score (nSPS) is 12.7. The van der Waals surface area contributed by atoms with E-state index in [0.29, 0.717) is 5.39 Å². The van der Waals surface area contributed by atoms with Gasteiger partial charge in [0.05, 0.1) is 11.5 Å². The van der Waals surface area contributed by atoms with Gasteiger partial charge in [0.1, 0.15) is 0 Å². The Hall–Kier alpha value is -1.51. The van der Waals surface area contributed by atoms with Crippen molar-refractivity contribution in [1.29, 1.82) is 0 Å². The number of primary sulfonamides is 1. The Morgan fingerprint density at radius 3 is 2.37 bits per heavy atom. The van der Waals surface area contributed by atoms with Crippen LogP contribution in [0.3, 0.4) is 0 Å². The van der Waals surface area contributed by atoms with Crippen molar-refractivity contribution in [1.82, 2.24) is 4.98 Å². The minimum atomic E-state index is -3.83. The third-order valence-corrected chi connectivity index (χ3v) is 5.26. The molecule has 8 heteroatoms. The summed E-state index contributed by atoms with van der Waals surface area (Å²) in [6, 6.07) is 8.56. The molecule has 0 radical (unpaired) electrons. The SMILES string of the molecule is NS(=O)(=O)CCS(=O)(=O)c1nccc2ccccc12. The minimum absolute atomic E-state index is 0.116. The van der Waals surface area contributed by atoms with E-state index < -0.39 is 31.4 Å². The van der Waals surface area contributed by atoms with E-state index in [1.807, 2.05) is 0 Å². The number of benzene rings is 1. The predicted octanol–water partition coefficient (Wildman–Crippen LogP) is 0.297. The van der Waals surface area contributed by atoms with Gasteiger partial charge in [-0.1, -0.05) is 24.3 Å². The Balaban J connectivity index is 2.49. The number of hydrogen-bond donors (Lipinski definition) is 1. The van der Waals surface area contributed by atoms with Crippen LogP contribution in [0.25, 0.3) is 10.8 Å². The predicted molar refractivity (Wildman–Crippen MR) is 71.8 cm³/mol. The summed E-state index contributed by atoms with van der Waals surface area (Å²) in [5, 5.41) is 5.90. The monoisotopic (exact) mass is 300 g/mol. The zero-order valence-corrected chi connectivity index (χ0v) is 11.5. The lowest BCUT2D eigenvalue weighted by Gasteiger charge is -2.06. The number of sulfonamides is 1. The fraction of sp³-hybridized carbons (Fsp3) is 0.182. The molecule has 0 saturated heterocycles. The summed E-state index contributed by atoms with van der Waals surface area (Å²) in [6.07, 6.45) is 1.38. The van der Waals surface area contributed by atoms with Gasteiger partial charge in [-0.3, -0.25) is 0 Å². The van der Waals surface area contributed by atoms with Crippen LogP contribution in [-0.2, 0) is 19.9 Å². The van der Waals surface area contributed by atoms with Crippen LogP contribution >= 0.6 is 0 Å². The third-order valence-electron chi connectivity index (χ3n) is 2.57. The third kappa shape index (κ3) is 3.28. The summed E-state index contributed by atoms with van der Waals surface area (Å²) < 4.78 is 46.0. The Bertz CT molecular complexity index is 808. The maximum Gasteiger partial charge on any atom is 0.210 e. The smallest absolute Gasteiger partial charge is 0.210 e. The molecule has 1 heterocycles. The van der Waals surface area contributed by atoms with Gasteiger partial charge >= 0.3 is 0 Å². The molecule has 0 bridgehead atoms. The van der Waals surface area contributed by atoms with Crippen LogP contribution < -0.4 is 5.14 Å². The average molecular weight is 300 g/mol. The van der Waals surface area contributed by atoms with Gasteiger partial charge in [-0.2, -0.15) is 0 Å². The molecule has 1 aromatic carbocycles. The van der Waals surface area contributed by atoms with Crippen LogP contribution in [0.15, 0.2) is 41.6 Å². The van der Waals surface area contributed by atoms with Gasteiger partial charge in [0.15, 0.2) is 14.9 Å². The van der Waals surface area contributed by atoms with Crippen LogP contribution in [0, 0.1) is 0 Å². The van der Waals surface area contributed by atoms with E-state index in [9.17, 15) is 16.8 Å². The van der Waals surface area contributed by atoms with E-state index >= 15 is 0 Å². The van der Waals surface area contributed by atoms with E-state index in [-0.39, 0.29) is 5.03 Å². The lowest BCUT2D eigenvalue weighted by Crippen LogP contribution is -2.23. The zero-order valence-electron chi connectivity index (χ0n) is 9.85. The van der Waals surface area contributed by atoms with Crippen molar-refractivity contribution in [3.05, 3.63) is 36.5 Å². The molecule has 19 heavy (non-hydrogen) atoms. The van der Waals surface area contributed by atoms with Crippen LogP contribution in [0.2, 0.25) is 0 Å². The first-order chi connectivity index (χ1) is 8.80. The number of nitrogens with zero attached hydrogens (tertiary/aromatic N) is 1. The molecule has 6 nitrogen and oxygen atoms in total. The van der Waals surface area contributed by atoms with Gasteiger partial charge in [-0.15, -0.1) is 0 Å². The molecule has 0 spiro atoms. The number of hydrogen-bond acceptors (Lipinski definition) is 5. The maximum atomic E-state index is 12.1. The van der Waals surface area contributed by atoms with Gasteiger partial charge in [-0.25, -0.2) is 27.0 Å². The Morgan fingerprint density at radius 2 is 1.68 bits per heavy atom. The highest BCUT2D eigenvalue weighted by Gasteiger charge is 2.21. The molecule has 102 valence electrons. The highest BCUT2D eigenvalue weighted by molar-refractivity contribution is 7.94. The molecule has 0 unspecified atom stereocenters. The van der Waals surface area contributed by atoms with E-state index in [1.165, 1.54) is 6.20 Å². The maximum absolute atomic E-state index is 12.1. The summed E-state index contributed by atoms with van der Waals surface area (Å²) >= 11 is 0.